The molecule has 0 saturated carbocycles. The van der Waals surface area contributed by atoms with E-state index in [0.717, 1.165) is 5.69 Å². The van der Waals surface area contributed by atoms with Gasteiger partial charge in [0.25, 0.3) is 5.56 Å². The molecule has 9 heteroatoms. The van der Waals surface area contributed by atoms with E-state index in [9.17, 15) is 9.59 Å². The number of nitrogens with zero attached hydrogens (tertiary/aromatic N) is 4. The van der Waals surface area contributed by atoms with Crippen molar-refractivity contribution in [2.45, 2.75) is 6.54 Å². The summed E-state index contributed by atoms with van der Waals surface area (Å²) in [7, 11) is 3.05. The molecule has 0 unspecified atom stereocenters. The van der Waals surface area contributed by atoms with Crippen molar-refractivity contribution in [1.29, 1.82) is 0 Å². The van der Waals surface area contributed by atoms with E-state index in [2.05, 4.69) is 15.4 Å². The molecule has 2 aromatic heterocycles. The van der Waals surface area contributed by atoms with Gasteiger partial charge in [-0.2, -0.15) is 5.10 Å². The molecule has 0 fully saturated rings. The van der Waals surface area contributed by atoms with E-state index in [1.54, 1.807) is 22.9 Å². The Morgan fingerprint density at radius 1 is 1.07 bits per heavy atom. The number of ether oxygens (including phenoxy) is 2. The monoisotopic (exact) mass is 405 g/mol. The van der Waals surface area contributed by atoms with Crippen LogP contribution in [0.2, 0.25) is 0 Å². The molecule has 0 bridgehead atoms. The summed E-state index contributed by atoms with van der Waals surface area (Å²) in [5.41, 5.74) is 1.41. The van der Waals surface area contributed by atoms with Gasteiger partial charge < -0.3 is 14.8 Å². The number of anilines is 1. The number of hydrogen-bond donors (Lipinski definition) is 1. The summed E-state index contributed by atoms with van der Waals surface area (Å²) in [5.74, 6) is 0.668. The SMILES string of the molecule is COc1ccc(NC(=O)Cn2cnc3c(cnn3-c3ccccc3)c2=O)cc1OC. The molecule has 0 aliphatic carbocycles. The standard InChI is InChI=1S/C21H19N5O4/c1-29-17-9-8-14(10-18(17)30-2)24-19(27)12-25-13-22-20-16(21(25)28)11-23-26(20)15-6-4-3-5-7-15/h3-11,13H,12H2,1-2H3,(H,24,27). The zero-order valence-electron chi connectivity index (χ0n) is 16.4. The number of amides is 1. The number of carbonyl (C=O) groups is 1. The van der Waals surface area contributed by atoms with Gasteiger partial charge in [0.2, 0.25) is 5.91 Å². The topological polar surface area (TPSA) is 100 Å². The second-order valence-corrected chi connectivity index (χ2v) is 6.42. The molecular formula is C21H19N5O4. The molecule has 30 heavy (non-hydrogen) atoms. The lowest BCUT2D eigenvalue weighted by molar-refractivity contribution is -0.116. The molecule has 0 aliphatic rings. The van der Waals surface area contributed by atoms with Crippen molar-refractivity contribution >= 4 is 22.6 Å². The maximum absolute atomic E-state index is 12.8. The zero-order valence-corrected chi connectivity index (χ0v) is 16.4. The molecule has 0 saturated heterocycles. The Morgan fingerprint density at radius 2 is 1.83 bits per heavy atom. The number of rotatable bonds is 6. The number of para-hydroxylation sites is 1. The van der Waals surface area contributed by atoms with Gasteiger partial charge in [0, 0.05) is 11.8 Å². The van der Waals surface area contributed by atoms with E-state index in [1.807, 2.05) is 30.3 Å². The molecule has 1 N–H and O–H groups in total. The predicted octanol–water partition coefficient (Wildman–Crippen LogP) is 2.24. The van der Waals surface area contributed by atoms with Crippen LogP contribution in [0.3, 0.4) is 0 Å². The molecule has 2 heterocycles. The number of aromatic nitrogens is 4. The van der Waals surface area contributed by atoms with E-state index < -0.39 is 0 Å². The second kappa shape index (κ2) is 8.08. The number of hydrogen-bond acceptors (Lipinski definition) is 6. The van der Waals surface area contributed by atoms with Crippen molar-refractivity contribution in [3.8, 4) is 17.2 Å². The highest BCUT2D eigenvalue weighted by atomic mass is 16.5. The lowest BCUT2D eigenvalue weighted by atomic mass is 10.2. The van der Waals surface area contributed by atoms with Crippen LogP contribution >= 0.6 is 0 Å². The van der Waals surface area contributed by atoms with Gasteiger partial charge in [0.05, 0.1) is 26.1 Å². The lowest BCUT2D eigenvalue weighted by Gasteiger charge is -2.11. The Labute approximate surface area is 171 Å². The van der Waals surface area contributed by atoms with Crippen molar-refractivity contribution in [2.75, 3.05) is 19.5 Å². The third-order valence-electron chi connectivity index (χ3n) is 4.54. The van der Waals surface area contributed by atoms with Crippen LogP contribution in [0.25, 0.3) is 16.7 Å². The maximum atomic E-state index is 12.8. The third kappa shape index (κ3) is 3.60. The summed E-state index contributed by atoms with van der Waals surface area (Å²) in [4.78, 5) is 29.6. The number of methoxy groups -OCH3 is 2. The van der Waals surface area contributed by atoms with Crippen LogP contribution in [0.4, 0.5) is 5.69 Å². The van der Waals surface area contributed by atoms with Crippen molar-refractivity contribution in [3.05, 3.63) is 71.4 Å². The van der Waals surface area contributed by atoms with Crippen LogP contribution < -0.4 is 20.3 Å². The number of nitrogens with one attached hydrogen (secondary N) is 1. The quantitative estimate of drug-likeness (QED) is 0.528. The molecule has 2 aromatic carbocycles. The van der Waals surface area contributed by atoms with Crippen molar-refractivity contribution in [3.63, 3.8) is 0 Å². The zero-order chi connectivity index (χ0) is 21.1. The Kier molecular flexibility index (Phi) is 5.17. The molecule has 4 rings (SSSR count). The first-order valence-electron chi connectivity index (χ1n) is 9.11. The van der Waals surface area contributed by atoms with Crippen molar-refractivity contribution in [1.82, 2.24) is 19.3 Å². The largest absolute Gasteiger partial charge is 0.493 e. The fourth-order valence-electron chi connectivity index (χ4n) is 3.09. The van der Waals surface area contributed by atoms with E-state index in [1.165, 1.54) is 31.3 Å². The minimum atomic E-state index is -0.374. The fourth-order valence-corrected chi connectivity index (χ4v) is 3.09. The number of fused-ring (bicyclic) bond motifs is 1. The Morgan fingerprint density at radius 3 is 2.57 bits per heavy atom. The highest BCUT2D eigenvalue weighted by Crippen LogP contribution is 2.29. The van der Waals surface area contributed by atoms with Crippen molar-refractivity contribution in [2.24, 2.45) is 0 Å². The summed E-state index contributed by atoms with van der Waals surface area (Å²) in [6.45, 7) is -0.188. The van der Waals surface area contributed by atoms with Crippen molar-refractivity contribution < 1.29 is 14.3 Å². The Hall–Kier alpha value is -4.14. The first kappa shape index (κ1) is 19.2. The molecular weight excluding hydrogens is 386 g/mol. The maximum Gasteiger partial charge on any atom is 0.264 e. The van der Waals surface area contributed by atoms with Gasteiger partial charge in [0.15, 0.2) is 17.1 Å². The lowest BCUT2D eigenvalue weighted by Crippen LogP contribution is -2.27. The Bertz CT molecular complexity index is 1260. The van der Waals surface area contributed by atoms with E-state index >= 15 is 0 Å². The molecule has 152 valence electrons. The van der Waals surface area contributed by atoms with Gasteiger partial charge in [-0.15, -0.1) is 0 Å². The van der Waals surface area contributed by atoms with Gasteiger partial charge in [0.1, 0.15) is 18.3 Å². The molecule has 0 radical (unpaired) electrons. The fraction of sp³-hybridized carbons (Fsp3) is 0.143. The minimum Gasteiger partial charge on any atom is -0.493 e. The van der Waals surface area contributed by atoms with Crippen LogP contribution in [0.5, 0.6) is 11.5 Å². The normalized spacial score (nSPS) is 10.7. The number of carbonyl (C=O) groups excluding carboxylic acids is 1. The van der Waals surface area contributed by atoms with Gasteiger partial charge in [-0.25, -0.2) is 9.67 Å². The van der Waals surface area contributed by atoms with Crippen LogP contribution in [0, 0.1) is 0 Å². The average molecular weight is 405 g/mol. The highest BCUT2D eigenvalue weighted by molar-refractivity contribution is 5.91. The summed E-state index contributed by atoms with van der Waals surface area (Å²) in [6.07, 6.45) is 2.81. The summed E-state index contributed by atoms with van der Waals surface area (Å²) < 4.78 is 13.2. The minimum absolute atomic E-state index is 0.188. The van der Waals surface area contributed by atoms with E-state index in [-0.39, 0.29) is 18.0 Å². The third-order valence-corrected chi connectivity index (χ3v) is 4.54. The van der Waals surface area contributed by atoms with Crippen LogP contribution in [-0.4, -0.2) is 39.5 Å². The molecule has 9 nitrogen and oxygen atoms in total. The van der Waals surface area contributed by atoms with E-state index in [0.29, 0.717) is 28.2 Å². The van der Waals surface area contributed by atoms with Crippen LogP contribution in [0.15, 0.2) is 65.8 Å². The van der Waals surface area contributed by atoms with Crippen LogP contribution in [0.1, 0.15) is 0 Å². The predicted molar refractivity (Wildman–Crippen MR) is 111 cm³/mol. The number of benzene rings is 2. The molecule has 4 aromatic rings. The molecule has 0 aliphatic heterocycles. The first-order valence-corrected chi connectivity index (χ1v) is 9.11. The summed E-state index contributed by atoms with van der Waals surface area (Å²) in [6, 6.07) is 14.4. The highest BCUT2D eigenvalue weighted by Gasteiger charge is 2.14. The average Bonchev–Trinajstić information content (AvgIpc) is 3.21. The second-order valence-electron chi connectivity index (χ2n) is 6.42. The Balaban J connectivity index is 1.56. The van der Waals surface area contributed by atoms with Gasteiger partial charge in [-0.3, -0.25) is 14.2 Å². The summed E-state index contributed by atoms with van der Waals surface area (Å²) >= 11 is 0. The van der Waals surface area contributed by atoms with E-state index in [4.69, 9.17) is 9.47 Å². The molecule has 0 atom stereocenters. The van der Waals surface area contributed by atoms with Gasteiger partial charge >= 0.3 is 0 Å². The first-order chi connectivity index (χ1) is 14.6. The molecule has 0 spiro atoms. The van der Waals surface area contributed by atoms with Crippen LogP contribution in [-0.2, 0) is 11.3 Å². The van der Waals surface area contributed by atoms with Gasteiger partial charge in [-0.05, 0) is 24.3 Å². The molecule has 1 amide bonds. The summed E-state index contributed by atoms with van der Waals surface area (Å²) in [5, 5.41) is 7.34. The smallest absolute Gasteiger partial charge is 0.264 e. The van der Waals surface area contributed by atoms with Gasteiger partial charge in [-0.1, -0.05) is 18.2 Å².